The minimum Gasteiger partial charge on any atom is -0.338 e. The molecule has 0 aliphatic carbocycles. The highest BCUT2D eigenvalue weighted by molar-refractivity contribution is 5.79. The van der Waals surface area contributed by atoms with E-state index in [-0.39, 0.29) is 24.9 Å². The number of nitrogens with two attached hydrogens (primary N) is 1. The predicted octanol–water partition coefficient (Wildman–Crippen LogP) is 1.44. The van der Waals surface area contributed by atoms with E-state index >= 15 is 0 Å². The minimum absolute atomic E-state index is 0.105. The first kappa shape index (κ1) is 13.0. The van der Waals surface area contributed by atoms with Gasteiger partial charge in [-0.15, -0.1) is 0 Å². The van der Waals surface area contributed by atoms with Crippen LogP contribution in [-0.2, 0) is 17.8 Å². The van der Waals surface area contributed by atoms with Crippen molar-refractivity contribution in [3.8, 4) is 0 Å². The first-order chi connectivity index (χ1) is 8.54. The lowest BCUT2D eigenvalue weighted by atomic mass is 9.97. The van der Waals surface area contributed by atoms with Crippen molar-refractivity contribution in [3.63, 3.8) is 0 Å². The number of hydrogen-bond acceptors (Lipinski definition) is 2. The molecule has 1 unspecified atom stereocenters. The fraction of sp³-hybridized carbons (Fsp3) is 0.462. The van der Waals surface area contributed by atoms with E-state index in [2.05, 4.69) is 0 Å². The fourth-order valence-corrected chi connectivity index (χ4v) is 2.19. The summed E-state index contributed by atoms with van der Waals surface area (Å²) in [6.07, 6.45) is 0.349. The number of amides is 1. The molecule has 1 aliphatic heterocycles. The van der Waals surface area contributed by atoms with Crippen molar-refractivity contribution in [3.05, 3.63) is 34.9 Å². The Morgan fingerprint density at radius 2 is 2.00 bits per heavy atom. The summed E-state index contributed by atoms with van der Waals surface area (Å²) in [4.78, 5) is 13.5. The van der Waals surface area contributed by atoms with Crippen LogP contribution in [0.1, 0.15) is 18.1 Å². The molecule has 1 aliphatic rings. The van der Waals surface area contributed by atoms with Gasteiger partial charge in [-0.05, 0) is 24.1 Å². The van der Waals surface area contributed by atoms with E-state index in [0.717, 1.165) is 12.1 Å². The summed E-state index contributed by atoms with van der Waals surface area (Å²) < 4.78 is 27.2. The van der Waals surface area contributed by atoms with E-state index in [0.29, 0.717) is 24.1 Å². The number of benzene rings is 1. The van der Waals surface area contributed by atoms with Crippen molar-refractivity contribution in [1.82, 2.24) is 4.90 Å². The highest BCUT2D eigenvalue weighted by Gasteiger charge is 2.27. The van der Waals surface area contributed by atoms with Gasteiger partial charge in [0, 0.05) is 31.1 Å². The van der Waals surface area contributed by atoms with Crippen molar-refractivity contribution < 1.29 is 13.6 Å². The number of rotatable bonds is 2. The van der Waals surface area contributed by atoms with Gasteiger partial charge < -0.3 is 10.6 Å². The standard InChI is InChI=1S/C13H16F2N2O/c1-8(6-16)13(18)17-5-4-9-10(7-17)12(15)3-2-11(9)14/h2-3,8H,4-7,16H2,1H3. The maximum absolute atomic E-state index is 13.6. The van der Waals surface area contributed by atoms with Gasteiger partial charge in [0.1, 0.15) is 11.6 Å². The third kappa shape index (κ3) is 2.22. The summed E-state index contributed by atoms with van der Waals surface area (Å²) >= 11 is 0. The van der Waals surface area contributed by atoms with Crippen molar-refractivity contribution in [2.24, 2.45) is 11.7 Å². The first-order valence-corrected chi connectivity index (χ1v) is 5.99. The van der Waals surface area contributed by atoms with E-state index in [1.165, 1.54) is 0 Å². The molecule has 0 saturated carbocycles. The van der Waals surface area contributed by atoms with Crippen molar-refractivity contribution in [2.45, 2.75) is 19.9 Å². The highest BCUT2D eigenvalue weighted by Crippen LogP contribution is 2.25. The Balaban J connectivity index is 2.25. The molecule has 0 aromatic heterocycles. The van der Waals surface area contributed by atoms with E-state index in [9.17, 15) is 13.6 Å². The highest BCUT2D eigenvalue weighted by atomic mass is 19.1. The number of fused-ring (bicyclic) bond motifs is 1. The Bertz CT molecular complexity index is 476. The molecule has 0 fully saturated rings. The first-order valence-electron chi connectivity index (χ1n) is 5.99. The molecule has 1 atom stereocenters. The van der Waals surface area contributed by atoms with Gasteiger partial charge >= 0.3 is 0 Å². The molecule has 1 amide bonds. The van der Waals surface area contributed by atoms with Crippen LogP contribution in [0.2, 0.25) is 0 Å². The van der Waals surface area contributed by atoms with Gasteiger partial charge in [0.25, 0.3) is 0 Å². The lowest BCUT2D eigenvalue weighted by Crippen LogP contribution is -2.41. The van der Waals surface area contributed by atoms with Gasteiger partial charge in [0.2, 0.25) is 5.91 Å². The fourth-order valence-electron chi connectivity index (χ4n) is 2.19. The van der Waals surface area contributed by atoms with Crippen LogP contribution in [0.4, 0.5) is 8.78 Å². The van der Waals surface area contributed by atoms with E-state index in [1.54, 1.807) is 11.8 Å². The Morgan fingerprint density at radius 3 is 2.61 bits per heavy atom. The van der Waals surface area contributed by atoms with Crippen LogP contribution in [-0.4, -0.2) is 23.9 Å². The second-order valence-electron chi connectivity index (χ2n) is 4.63. The lowest BCUT2D eigenvalue weighted by Gasteiger charge is -2.31. The molecule has 1 aromatic carbocycles. The minimum atomic E-state index is -0.454. The Morgan fingerprint density at radius 1 is 1.39 bits per heavy atom. The lowest BCUT2D eigenvalue weighted by molar-refractivity contribution is -0.135. The number of halogens is 2. The van der Waals surface area contributed by atoms with Crippen molar-refractivity contribution >= 4 is 5.91 Å². The van der Waals surface area contributed by atoms with Crippen LogP contribution in [0.15, 0.2) is 12.1 Å². The van der Waals surface area contributed by atoms with Gasteiger partial charge in [-0.1, -0.05) is 6.92 Å². The van der Waals surface area contributed by atoms with Gasteiger partial charge in [-0.3, -0.25) is 4.79 Å². The van der Waals surface area contributed by atoms with Gasteiger partial charge in [-0.2, -0.15) is 0 Å². The second kappa shape index (κ2) is 5.02. The van der Waals surface area contributed by atoms with Crippen LogP contribution in [0.3, 0.4) is 0 Å². The molecule has 0 bridgehead atoms. The third-order valence-corrected chi connectivity index (χ3v) is 3.38. The maximum atomic E-state index is 13.6. The Labute approximate surface area is 105 Å². The SMILES string of the molecule is CC(CN)C(=O)N1CCc2c(F)ccc(F)c2C1. The molecule has 5 heteroatoms. The second-order valence-corrected chi connectivity index (χ2v) is 4.63. The molecular formula is C13H16F2N2O. The molecule has 0 radical (unpaired) electrons. The van der Waals surface area contributed by atoms with Gasteiger partial charge in [0.15, 0.2) is 0 Å². The van der Waals surface area contributed by atoms with Gasteiger partial charge in [0.05, 0.1) is 0 Å². The summed E-state index contributed by atoms with van der Waals surface area (Å²) in [5.41, 5.74) is 6.13. The van der Waals surface area contributed by atoms with Crippen LogP contribution in [0.25, 0.3) is 0 Å². The molecule has 1 aromatic rings. The van der Waals surface area contributed by atoms with Crippen LogP contribution >= 0.6 is 0 Å². The molecule has 3 nitrogen and oxygen atoms in total. The summed E-state index contributed by atoms with van der Waals surface area (Å²) in [6, 6.07) is 2.24. The molecule has 0 spiro atoms. The Kier molecular flexibility index (Phi) is 3.61. The summed E-state index contributed by atoms with van der Waals surface area (Å²) in [7, 11) is 0. The quantitative estimate of drug-likeness (QED) is 0.868. The number of carbonyl (C=O) groups excluding carboxylic acids is 1. The van der Waals surface area contributed by atoms with Crippen LogP contribution in [0, 0.1) is 17.6 Å². The van der Waals surface area contributed by atoms with E-state index < -0.39 is 11.6 Å². The summed E-state index contributed by atoms with van der Waals surface area (Å²) in [6.45, 7) is 2.53. The number of nitrogens with zero attached hydrogens (tertiary/aromatic N) is 1. The Hall–Kier alpha value is -1.49. The van der Waals surface area contributed by atoms with Crippen molar-refractivity contribution in [2.75, 3.05) is 13.1 Å². The number of hydrogen-bond donors (Lipinski definition) is 1. The number of carbonyl (C=O) groups is 1. The van der Waals surface area contributed by atoms with E-state index in [4.69, 9.17) is 5.73 Å². The molecule has 98 valence electrons. The summed E-state index contributed by atoms with van der Waals surface area (Å²) in [5.74, 6) is -1.25. The molecule has 18 heavy (non-hydrogen) atoms. The molecule has 1 heterocycles. The normalized spacial score (nSPS) is 16.3. The average molecular weight is 254 g/mol. The monoisotopic (exact) mass is 254 g/mol. The van der Waals surface area contributed by atoms with Crippen molar-refractivity contribution in [1.29, 1.82) is 0 Å². The predicted molar refractivity (Wildman–Crippen MR) is 63.7 cm³/mol. The molecule has 0 saturated heterocycles. The van der Waals surface area contributed by atoms with Crippen LogP contribution < -0.4 is 5.73 Å². The third-order valence-electron chi connectivity index (χ3n) is 3.38. The summed E-state index contributed by atoms with van der Waals surface area (Å²) in [5, 5.41) is 0. The smallest absolute Gasteiger partial charge is 0.226 e. The largest absolute Gasteiger partial charge is 0.338 e. The van der Waals surface area contributed by atoms with Crippen LogP contribution in [0.5, 0.6) is 0 Å². The molecular weight excluding hydrogens is 238 g/mol. The zero-order valence-corrected chi connectivity index (χ0v) is 10.2. The van der Waals surface area contributed by atoms with E-state index in [1.807, 2.05) is 0 Å². The zero-order valence-electron chi connectivity index (χ0n) is 10.2. The van der Waals surface area contributed by atoms with Gasteiger partial charge in [-0.25, -0.2) is 8.78 Å². The molecule has 2 rings (SSSR count). The molecule has 2 N–H and O–H groups in total. The zero-order chi connectivity index (χ0) is 13.3. The maximum Gasteiger partial charge on any atom is 0.226 e. The topological polar surface area (TPSA) is 46.3 Å². The average Bonchev–Trinajstić information content (AvgIpc) is 2.41.